The molecule has 1 fully saturated rings. The standard InChI is InChI=1S/C37H56N4O6/c1-26-22-41(27(2)25-42)36(43)33-21-31(39-37(44)38-30-14-17-32(45-5)18-15-30)16-19-34(33)47-28(3)11-9-10-20-46-35(26)24-40(4)23-29-12-7-6-8-13-29/h14-19,21,26-29,35,42H,6-13,20,22-25H2,1-5H3,(H2,38,39,44)/t26-,27-,28-,35-/m0/s1. The SMILES string of the molecule is COc1ccc(NC(=O)Nc2ccc3c(c2)C(=O)N([C@@H](C)CO)C[C@H](C)[C@H](CN(C)CC2CCCCC2)OCCCC[C@H](C)O3)cc1. The van der Waals surface area contributed by atoms with Gasteiger partial charge >= 0.3 is 6.03 Å². The monoisotopic (exact) mass is 652 g/mol. The van der Waals surface area contributed by atoms with Crippen molar-refractivity contribution in [3.8, 4) is 11.5 Å². The van der Waals surface area contributed by atoms with Crippen molar-refractivity contribution in [3.63, 3.8) is 0 Å². The van der Waals surface area contributed by atoms with Crippen LogP contribution in [0.25, 0.3) is 0 Å². The number of amides is 3. The third-order valence-corrected chi connectivity index (χ3v) is 9.44. The maximum atomic E-state index is 14.4. The Bertz CT molecular complexity index is 1270. The second kappa shape index (κ2) is 18.3. The Labute approximate surface area is 281 Å². The van der Waals surface area contributed by atoms with Gasteiger partial charge in [0.15, 0.2) is 0 Å². The molecule has 3 amide bonds. The Hall–Kier alpha value is -3.34. The second-order valence-corrected chi connectivity index (χ2v) is 13.5. The quantitative estimate of drug-likeness (QED) is 0.278. The van der Waals surface area contributed by atoms with Crippen LogP contribution in [0.4, 0.5) is 16.2 Å². The molecule has 3 N–H and O–H groups in total. The van der Waals surface area contributed by atoms with Crippen molar-refractivity contribution in [1.82, 2.24) is 9.80 Å². The van der Waals surface area contributed by atoms with Gasteiger partial charge in [0.2, 0.25) is 0 Å². The molecule has 1 aliphatic heterocycles. The lowest BCUT2D eigenvalue weighted by molar-refractivity contribution is -0.0190. The highest BCUT2D eigenvalue weighted by Gasteiger charge is 2.31. The van der Waals surface area contributed by atoms with Gasteiger partial charge in [-0.1, -0.05) is 26.2 Å². The Morgan fingerprint density at radius 1 is 1.00 bits per heavy atom. The molecule has 4 atom stereocenters. The first-order chi connectivity index (χ1) is 22.7. The number of carbonyl (C=O) groups excluding carboxylic acids is 2. The number of nitrogens with one attached hydrogen (secondary N) is 2. The maximum absolute atomic E-state index is 14.4. The maximum Gasteiger partial charge on any atom is 0.323 e. The van der Waals surface area contributed by atoms with E-state index in [2.05, 4.69) is 29.5 Å². The summed E-state index contributed by atoms with van der Waals surface area (Å²) in [6.45, 7) is 8.74. The molecule has 10 heteroatoms. The lowest BCUT2D eigenvalue weighted by Gasteiger charge is -2.36. The number of aliphatic hydroxyl groups excluding tert-OH is 1. The summed E-state index contributed by atoms with van der Waals surface area (Å²) in [5.74, 6) is 1.64. The molecular weight excluding hydrogens is 596 g/mol. The number of rotatable bonds is 9. The summed E-state index contributed by atoms with van der Waals surface area (Å²) in [5, 5.41) is 15.9. The largest absolute Gasteiger partial charge is 0.497 e. The van der Waals surface area contributed by atoms with E-state index in [1.54, 1.807) is 54.5 Å². The normalized spacial score (nSPS) is 22.5. The molecule has 1 saturated carbocycles. The number of ether oxygens (including phenoxy) is 3. The molecule has 1 heterocycles. The van der Waals surface area contributed by atoms with Crippen LogP contribution in [0.2, 0.25) is 0 Å². The van der Waals surface area contributed by atoms with E-state index in [0.29, 0.717) is 41.6 Å². The summed E-state index contributed by atoms with van der Waals surface area (Å²) in [4.78, 5) is 31.4. The predicted octanol–water partition coefficient (Wildman–Crippen LogP) is 6.65. The zero-order chi connectivity index (χ0) is 33.8. The number of carbonyl (C=O) groups is 2. The third kappa shape index (κ3) is 11.1. The van der Waals surface area contributed by atoms with Crippen molar-refractivity contribution >= 4 is 23.3 Å². The number of likely N-dealkylation sites (N-methyl/N-ethyl adjacent to an activating group) is 1. The number of aliphatic hydroxyl groups is 1. The van der Waals surface area contributed by atoms with Crippen molar-refractivity contribution in [3.05, 3.63) is 48.0 Å². The average Bonchev–Trinajstić information content (AvgIpc) is 3.06. The van der Waals surface area contributed by atoms with Gasteiger partial charge in [-0.3, -0.25) is 4.79 Å². The van der Waals surface area contributed by atoms with Gasteiger partial charge in [-0.2, -0.15) is 0 Å². The summed E-state index contributed by atoms with van der Waals surface area (Å²) in [6.07, 6.45) is 9.08. The van der Waals surface area contributed by atoms with Crippen LogP contribution in [-0.4, -0.2) is 92.1 Å². The Balaban J connectivity index is 1.55. The molecule has 0 bridgehead atoms. The molecule has 2 aromatic rings. The van der Waals surface area contributed by atoms with E-state index in [0.717, 1.165) is 38.3 Å². The van der Waals surface area contributed by atoms with Crippen LogP contribution in [0.3, 0.4) is 0 Å². The van der Waals surface area contributed by atoms with E-state index in [1.807, 2.05) is 13.8 Å². The van der Waals surface area contributed by atoms with Crippen LogP contribution in [0.1, 0.15) is 82.5 Å². The highest BCUT2D eigenvalue weighted by atomic mass is 16.5. The van der Waals surface area contributed by atoms with E-state index in [-0.39, 0.29) is 30.6 Å². The van der Waals surface area contributed by atoms with Gasteiger partial charge in [-0.25, -0.2) is 4.79 Å². The van der Waals surface area contributed by atoms with E-state index in [4.69, 9.17) is 14.2 Å². The molecule has 0 unspecified atom stereocenters. The van der Waals surface area contributed by atoms with Crippen LogP contribution < -0.4 is 20.1 Å². The zero-order valence-electron chi connectivity index (χ0n) is 29.0. The summed E-state index contributed by atoms with van der Waals surface area (Å²) >= 11 is 0. The van der Waals surface area contributed by atoms with Crippen LogP contribution in [0.5, 0.6) is 11.5 Å². The highest BCUT2D eigenvalue weighted by Crippen LogP contribution is 2.29. The predicted molar refractivity (Wildman–Crippen MR) is 187 cm³/mol. The Morgan fingerprint density at radius 3 is 2.38 bits per heavy atom. The van der Waals surface area contributed by atoms with Crippen LogP contribution >= 0.6 is 0 Å². The summed E-state index contributed by atoms with van der Waals surface area (Å²) < 4.78 is 18.1. The number of fused-ring (bicyclic) bond motifs is 1. The smallest absolute Gasteiger partial charge is 0.323 e. The van der Waals surface area contributed by atoms with Gasteiger partial charge in [0, 0.05) is 43.5 Å². The minimum absolute atomic E-state index is 0.0181. The lowest BCUT2D eigenvalue weighted by atomic mass is 9.89. The highest BCUT2D eigenvalue weighted by molar-refractivity contribution is 6.02. The van der Waals surface area contributed by atoms with Crippen molar-refractivity contribution in [1.29, 1.82) is 0 Å². The molecule has 260 valence electrons. The zero-order valence-corrected chi connectivity index (χ0v) is 29.0. The number of nitrogens with zero attached hydrogens (tertiary/aromatic N) is 2. The van der Waals surface area contributed by atoms with E-state index in [1.165, 1.54) is 32.1 Å². The number of benzene rings is 2. The fourth-order valence-electron chi connectivity index (χ4n) is 6.62. The fourth-order valence-corrected chi connectivity index (χ4v) is 6.62. The number of hydrogen-bond donors (Lipinski definition) is 3. The van der Waals surface area contributed by atoms with E-state index < -0.39 is 12.1 Å². The molecule has 2 aliphatic rings. The molecule has 0 spiro atoms. The van der Waals surface area contributed by atoms with Gasteiger partial charge in [-0.15, -0.1) is 0 Å². The topological polar surface area (TPSA) is 113 Å². The minimum Gasteiger partial charge on any atom is -0.497 e. The molecule has 1 aliphatic carbocycles. The Morgan fingerprint density at radius 2 is 1.68 bits per heavy atom. The molecular formula is C37H56N4O6. The molecule has 0 radical (unpaired) electrons. The minimum atomic E-state index is -0.440. The Kier molecular flexibility index (Phi) is 14.2. The van der Waals surface area contributed by atoms with Crippen molar-refractivity contribution in [2.45, 2.75) is 90.4 Å². The molecule has 4 rings (SSSR count). The first kappa shape index (κ1) is 36.5. The van der Waals surface area contributed by atoms with Gasteiger partial charge in [0.05, 0.1) is 37.5 Å². The molecule has 0 saturated heterocycles. The van der Waals surface area contributed by atoms with Crippen LogP contribution in [-0.2, 0) is 4.74 Å². The third-order valence-electron chi connectivity index (χ3n) is 9.44. The summed E-state index contributed by atoms with van der Waals surface area (Å²) in [6, 6.07) is 11.3. The van der Waals surface area contributed by atoms with Gasteiger partial charge in [0.1, 0.15) is 11.5 Å². The van der Waals surface area contributed by atoms with Gasteiger partial charge < -0.3 is 39.8 Å². The van der Waals surface area contributed by atoms with Crippen molar-refractivity contribution in [2.24, 2.45) is 11.8 Å². The van der Waals surface area contributed by atoms with Crippen molar-refractivity contribution < 1.29 is 28.9 Å². The fraction of sp³-hybridized carbons (Fsp3) is 0.622. The van der Waals surface area contributed by atoms with Crippen LogP contribution in [0.15, 0.2) is 42.5 Å². The second-order valence-electron chi connectivity index (χ2n) is 13.5. The van der Waals surface area contributed by atoms with E-state index >= 15 is 0 Å². The lowest BCUT2D eigenvalue weighted by Crippen LogP contribution is -2.47. The first-order valence-electron chi connectivity index (χ1n) is 17.4. The van der Waals surface area contributed by atoms with Gasteiger partial charge in [0.25, 0.3) is 5.91 Å². The van der Waals surface area contributed by atoms with Crippen molar-refractivity contribution in [2.75, 3.05) is 57.6 Å². The number of methoxy groups -OCH3 is 1. The van der Waals surface area contributed by atoms with Gasteiger partial charge in [-0.05, 0) is 101 Å². The number of urea groups is 1. The van der Waals surface area contributed by atoms with E-state index in [9.17, 15) is 14.7 Å². The first-order valence-corrected chi connectivity index (χ1v) is 17.4. The number of anilines is 2. The average molecular weight is 653 g/mol. The molecule has 0 aromatic heterocycles. The molecule has 47 heavy (non-hydrogen) atoms. The molecule has 2 aromatic carbocycles. The summed E-state index contributed by atoms with van der Waals surface area (Å²) in [7, 11) is 3.77. The molecule has 10 nitrogen and oxygen atoms in total. The van der Waals surface area contributed by atoms with Crippen LogP contribution in [0, 0.1) is 11.8 Å². The summed E-state index contributed by atoms with van der Waals surface area (Å²) in [5.41, 5.74) is 1.40. The number of hydrogen-bond acceptors (Lipinski definition) is 7.